The molecule has 0 fully saturated rings. The summed E-state index contributed by atoms with van der Waals surface area (Å²) >= 11 is 5.93. The van der Waals surface area contributed by atoms with Crippen molar-refractivity contribution in [2.45, 2.75) is 17.9 Å². The number of amides is 1. The lowest BCUT2D eigenvalue weighted by Gasteiger charge is -2.14. The SMILES string of the molecule is CC(NC(=O)COC(=O)c1ccc(S(C)=O)cc1)c1cccc(Cl)c1. The molecule has 2 aromatic rings. The number of benzene rings is 2. The number of esters is 1. The van der Waals surface area contributed by atoms with Crippen molar-refractivity contribution in [3.63, 3.8) is 0 Å². The van der Waals surface area contributed by atoms with Crippen LogP contribution in [0.25, 0.3) is 0 Å². The minimum Gasteiger partial charge on any atom is -0.452 e. The summed E-state index contributed by atoms with van der Waals surface area (Å²) in [5.41, 5.74) is 1.15. The molecule has 0 heterocycles. The highest BCUT2D eigenvalue weighted by Crippen LogP contribution is 2.17. The van der Waals surface area contributed by atoms with Crippen LogP contribution in [0.15, 0.2) is 53.4 Å². The first kappa shape index (κ1) is 19.1. The predicted molar refractivity (Wildman–Crippen MR) is 97.1 cm³/mol. The molecular weight excluding hydrogens is 362 g/mol. The number of halogens is 1. The zero-order chi connectivity index (χ0) is 18.4. The highest BCUT2D eigenvalue weighted by atomic mass is 35.5. The van der Waals surface area contributed by atoms with Gasteiger partial charge in [-0.05, 0) is 48.9 Å². The van der Waals surface area contributed by atoms with Gasteiger partial charge in [0.15, 0.2) is 6.61 Å². The predicted octanol–water partition coefficient (Wildman–Crippen LogP) is 3.11. The Morgan fingerprint density at radius 1 is 1.20 bits per heavy atom. The van der Waals surface area contributed by atoms with Crippen LogP contribution in [0.4, 0.5) is 0 Å². The largest absolute Gasteiger partial charge is 0.452 e. The third-order valence-electron chi connectivity index (χ3n) is 3.48. The van der Waals surface area contributed by atoms with Crippen molar-refractivity contribution in [2.75, 3.05) is 12.9 Å². The Kier molecular flexibility index (Phi) is 6.73. The zero-order valence-corrected chi connectivity index (χ0v) is 15.4. The van der Waals surface area contributed by atoms with Crippen LogP contribution in [0.1, 0.15) is 28.9 Å². The molecule has 2 aromatic carbocycles. The van der Waals surface area contributed by atoms with Crippen LogP contribution in [0.2, 0.25) is 5.02 Å². The van der Waals surface area contributed by atoms with Gasteiger partial charge in [0.2, 0.25) is 0 Å². The minimum absolute atomic E-state index is 0.260. The van der Waals surface area contributed by atoms with Crippen molar-refractivity contribution in [1.82, 2.24) is 5.32 Å². The maximum Gasteiger partial charge on any atom is 0.338 e. The van der Waals surface area contributed by atoms with E-state index < -0.39 is 22.7 Å². The van der Waals surface area contributed by atoms with E-state index in [9.17, 15) is 13.8 Å². The highest BCUT2D eigenvalue weighted by Gasteiger charge is 2.13. The van der Waals surface area contributed by atoms with Gasteiger partial charge >= 0.3 is 5.97 Å². The zero-order valence-electron chi connectivity index (χ0n) is 13.8. The highest BCUT2D eigenvalue weighted by molar-refractivity contribution is 7.84. The molecule has 2 unspecified atom stereocenters. The molecule has 0 aliphatic carbocycles. The Bertz CT molecular complexity index is 792. The van der Waals surface area contributed by atoms with Crippen molar-refractivity contribution in [2.24, 2.45) is 0 Å². The molecule has 25 heavy (non-hydrogen) atoms. The quantitative estimate of drug-likeness (QED) is 0.783. The second kappa shape index (κ2) is 8.78. The van der Waals surface area contributed by atoms with E-state index in [-0.39, 0.29) is 12.6 Å². The Labute approximate surface area is 153 Å². The van der Waals surface area contributed by atoms with Crippen LogP contribution in [-0.4, -0.2) is 28.9 Å². The fourth-order valence-corrected chi connectivity index (χ4v) is 2.86. The second-order valence-electron chi connectivity index (χ2n) is 5.40. The molecule has 132 valence electrons. The monoisotopic (exact) mass is 379 g/mol. The Morgan fingerprint density at radius 3 is 2.48 bits per heavy atom. The van der Waals surface area contributed by atoms with E-state index in [0.29, 0.717) is 15.5 Å². The molecule has 0 aliphatic heterocycles. The number of hydrogen-bond donors (Lipinski definition) is 1. The molecule has 1 amide bonds. The van der Waals surface area contributed by atoms with E-state index in [2.05, 4.69) is 5.32 Å². The van der Waals surface area contributed by atoms with Gasteiger partial charge in [0.25, 0.3) is 5.91 Å². The topological polar surface area (TPSA) is 72.5 Å². The van der Waals surface area contributed by atoms with Crippen LogP contribution in [0, 0.1) is 0 Å². The lowest BCUT2D eigenvalue weighted by molar-refractivity contribution is -0.124. The van der Waals surface area contributed by atoms with E-state index in [0.717, 1.165) is 5.56 Å². The third-order valence-corrected chi connectivity index (χ3v) is 4.65. The van der Waals surface area contributed by atoms with Crippen molar-refractivity contribution in [1.29, 1.82) is 0 Å². The van der Waals surface area contributed by atoms with Crippen molar-refractivity contribution < 1.29 is 18.5 Å². The van der Waals surface area contributed by atoms with Crippen molar-refractivity contribution in [3.8, 4) is 0 Å². The summed E-state index contributed by atoms with van der Waals surface area (Å²) in [4.78, 5) is 24.5. The van der Waals surface area contributed by atoms with Crippen LogP contribution in [0.3, 0.4) is 0 Å². The smallest absolute Gasteiger partial charge is 0.338 e. The van der Waals surface area contributed by atoms with E-state index in [1.807, 2.05) is 13.0 Å². The second-order valence-corrected chi connectivity index (χ2v) is 7.21. The van der Waals surface area contributed by atoms with Gasteiger partial charge in [-0.3, -0.25) is 9.00 Å². The number of nitrogens with one attached hydrogen (secondary N) is 1. The third kappa shape index (κ3) is 5.69. The van der Waals surface area contributed by atoms with E-state index in [4.69, 9.17) is 16.3 Å². The fraction of sp³-hybridized carbons (Fsp3) is 0.222. The van der Waals surface area contributed by atoms with Gasteiger partial charge in [0, 0.05) is 27.0 Å². The van der Waals surface area contributed by atoms with Crippen LogP contribution in [-0.2, 0) is 20.3 Å². The van der Waals surface area contributed by atoms with Gasteiger partial charge in [0.1, 0.15) is 0 Å². The summed E-state index contributed by atoms with van der Waals surface area (Å²) in [5, 5.41) is 3.32. The van der Waals surface area contributed by atoms with Gasteiger partial charge in [-0.1, -0.05) is 23.7 Å². The van der Waals surface area contributed by atoms with Crippen LogP contribution in [0.5, 0.6) is 0 Å². The Balaban J connectivity index is 1.86. The summed E-state index contributed by atoms with van der Waals surface area (Å²) < 4.78 is 16.3. The van der Waals surface area contributed by atoms with E-state index in [1.165, 1.54) is 12.1 Å². The molecule has 0 bridgehead atoms. The molecule has 0 aliphatic rings. The molecule has 7 heteroatoms. The molecule has 5 nitrogen and oxygen atoms in total. The van der Waals surface area contributed by atoms with E-state index >= 15 is 0 Å². The molecule has 0 radical (unpaired) electrons. The maximum absolute atomic E-state index is 11.9. The fourth-order valence-electron chi connectivity index (χ4n) is 2.14. The first-order valence-corrected chi connectivity index (χ1v) is 9.46. The molecule has 0 saturated carbocycles. The number of hydrogen-bond acceptors (Lipinski definition) is 4. The molecule has 0 spiro atoms. The van der Waals surface area contributed by atoms with E-state index in [1.54, 1.807) is 36.6 Å². The summed E-state index contributed by atoms with van der Waals surface area (Å²) in [5.74, 6) is -1.02. The number of ether oxygens (including phenoxy) is 1. The number of rotatable bonds is 6. The minimum atomic E-state index is -1.11. The van der Waals surface area contributed by atoms with Crippen molar-refractivity contribution >= 4 is 34.3 Å². The Hall–Kier alpha value is -2.18. The molecule has 0 aromatic heterocycles. The average Bonchev–Trinajstić information content (AvgIpc) is 2.59. The molecular formula is C18H18ClNO4S. The number of carbonyl (C=O) groups excluding carboxylic acids is 2. The standard InChI is InChI=1S/C18H18ClNO4S/c1-12(14-4-3-5-15(19)10-14)20-17(21)11-24-18(22)13-6-8-16(9-7-13)25(2)23/h3-10,12H,11H2,1-2H3,(H,20,21). The summed E-state index contributed by atoms with van der Waals surface area (Å²) in [6, 6.07) is 13.1. The molecule has 2 rings (SSSR count). The van der Waals surface area contributed by atoms with Gasteiger partial charge in [0.05, 0.1) is 11.6 Å². The summed E-state index contributed by atoms with van der Waals surface area (Å²) in [7, 11) is -1.11. The normalized spacial score (nSPS) is 12.9. The summed E-state index contributed by atoms with van der Waals surface area (Å²) in [6.45, 7) is 1.43. The van der Waals surface area contributed by atoms with Crippen molar-refractivity contribution in [3.05, 3.63) is 64.7 Å². The molecule has 2 atom stereocenters. The number of carbonyl (C=O) groups is 2. The Morgan fingerprint density at radius 2 is 1.88 bits per heavy atom. The molecule has 1 N–H and O–H groups in total. The van der Waals surface area contributed by atoms with Gasteiger partial charge < -0.3 is 10.1 Å². The maximum atomic E-state index is 11.9. The van der Waals surface area contributed by atoms with Gasteiger partial charge in [-0.25, -0.2) is 4.79 Å². The van der Waals surface area contributed by atoms with Crippen LogP contribution >= 0.6 is 11.6 Å². The van der Waals surface area contributed by atoms with Gasteiger partial charge in [-0.2, -0.15) is 0 Å². The average molecular weight is 380 g/mol. The first-order valence-electron chi connectivity index (χ1n) is 7.52. The lowest BCUT2D eigenvalue weighted by Crippen LogP contribution is -2.31. The molecule has 0 saturated heterocycles. The van der Waals surface area contributed by atoms with Gasteiger partial charge in [-0.15, -0.1) is 0 Å². The van der Waals surface area contributed by atoms with Crippen LogP contribution < -0.4 is 5.32 Å². The summed E-state index contributed by atoms with van der Waals surface area (Å²) in [6.07, 6.45) is 1.55. The first-order chi connectivity index (χ1) is 11.9. The lowest BCUT2D eigenvalue weighted by atomic mass is 10.1.